The van der Waals surface area contributed by atoms with Gasteiger partial charge in [-0.2, -0.15) is 13.2 Å². The molecule has 1 aromatic rings. The van der Waals surface area contributed by atoms with Gasteiger partial charge in [0.25, 0.3) is 0 Å². The largest absolute Gasteiger partial charge is 0.416 e. The van der Waals surface area contributed by atoms with Gasteiger partial charge in [-0.3, -0.25) is 4.79 Å². The predicted molar refractivity (Wildman–Crippen MR) is 76.1 cm³/mol. The maximum absolute atomic E-state index is 12.6. The summed E-state index contributed by atoms with van der Waals surface area (Å²) in [4.78, 5) is 12.0. The van der Waals surface area contributed by atoms with Gasteiger partial charge in [-0.05, 0) is 37.6 Å². The molecule has 1 aliphatic heterocycles. The summed E-state index contributed by atoms with van der Waals surface area (Å²) >= 11 is 0. The summed E-state index contributed by atoms with van der Waals surface area (Å²) in [5, 5.41) is 5.83. The van der Waals surface area contributed by atoms with Gasteiger partial charge in [0.1, 0.15) is 0 Å². The minimum atomic E-state index is -4.36. The molecule has 3 nitrogen and oxygen atoms in total. The first-order valence-corrected chi connectivity index (χ1v) is 6.46. The van der Waals surface area contributed by atoms with E-state index in [1.54, 1.807) is 6.07 Å². The van der Waals surface area contributed by atoms with Crippen molar-refractivity contribution in [3.8, 4) is 0 Å². The highest BCUT2D eigenvalue weighted by Gasteiger charge is 2.36. The molecule has 1 saturated heterocycles. The predicted octanol–water partition coefficient (Wildman–Crippen LogP) is 2.74. The molecule has 21 heavy (non-hydrogen) atoms. The Kier molecular flexibility index (Phi) is 5.64. The Morgan fingerprint density at radius 2 is 2.14 bits per heavy atom. The van der Waals surface area contributed by atoms with Gasteiger partial charge in [-0.1, -0.05) is 12.1 Å². The zero-order valence-electron chi connectivity index (χ0n) is 11.6. The molecule has 2 N–H and O–H groups in total. The lowest BCUT2D eigenvalue weighted by Gasteiger charge is -2.21. The Labute approximate surface area is 127 Å². The van der Waals surface area contributed by atoms with Crippen LogP contribution in [-0.4, -0.2) is 19.0 Å². The summed E-state index contributed by atoms with van der Waals surface area (Å²) in [5.74, 6) is -0.125. The molecule has 1 fully saturated rings. The number of nitrogens with one attached hydrogen (secondary N) is 2. The van der Waals surface area contributed by atoms with Crippen LogP contribution in [0.2, 0.25) is 0 Å². The molecule has 1 atom stereocenters. The molecule has 1 heterocycles. The minimum absolute atomic E-state index is 0. The van der Waals surface area contributed by atoms with Crippen molar-refractivity contribution < 1.29 is 18.0 Å². The van der Waals surface area contributed by atoms with Crippen LogP contribution in [0, 0.1) is 5.41 Å². The van der Waals surface area contributed by atoms with Crippen molar-refractivity contribution in [1.82, 2.24) is 10.6 Å². The summed E-state index contributed by atoms with van der Waals surface area (Å²) in [6.45, 7) is 3.35. The van der Waals surface area contributed by atoms with Crippen LogP contribution < -0.4 is 10.6 Å². The fraction of sp³-hybridized carbons (Fsp3) is 0.500. The molecular formula is C14H18ClF3N2O. The molecule has 1 aromatic carbocycles. The second-order valence-corrected chi connectivity index (χ2v) is 5.37. The highest BCUT2D eigenvalue weighted by Crippen LogP contribution is 2.29. The van der Waals surface area contributed by atoms with E-state index in [0.29, 0.717) is 12.1 Å². The summed E-state index contributed by atoms with van der Waals surface area (Å²) in [6.07, 6.45) is -3.62. The highest BCUT2D eigenvalue weighted by molar-refractivity contribution is 5.85. The molecule has 0 spiro atoms. The van der Waals surface area contributed by atoms with Crippen LogP contribution in [0.15, 0.2) is 24.3 Å². The van der Waals surface area contributed by atoms with E-state index in [4.69, 9.17) is 0 Å². The Morgan fingerprint density at radius 1 is 1.43 bits per heavy atom. The first-order chi connectivity index (χ1) is 9.31. The number of rotatable bonds is 3. The quantitative estimate of drug-likeness (QED) is 0.898. The van der Waals surface area contributed by atoms with E-state index in [1.807, 2.05) is 6.92 Å². The van der Waals surface area contributed by atoms with E-state index in [0.717, 1.165) is 25.1 Å². The third-order valence-electron chi connectivity index (χ3n) is 3.62. The van der Waals surface area contributed by atoms with Gasteiger partial charge < -0.3 is 10.6 Å². The molecule has 1 unspecified atom stereocenters. The van der Waals surface area contributed by atoms with E-state index < -0.39 is 17.2 Å². The molecule has 2 rings (SSSR count). The minimum Gasteiger partial charge on any atom is -0.352 e. The standard InChI is InChI=1S/C14H17F3N2O.ClH/c1-13(5-6-18-9-13)12(20)19-8-10-3-2-4-11(7-10)14(15,16)17;/h2-4,7,18H,5-6,8-9H2,1H3,(H,19,20);1H. The lowest BCUT2D eigenvalue weighted by Crippen LogP contribution is -2.40. The lowest BCUT2D eigenvalue weighted by atomic mass is 9.89. The average molecular weight is 323 g/mol. The van der Waals surface area contributed by atoms with Gasteiger partial charge in [-0.25, -0.2) is 0 Å². The van der Waals surface area contributed by atoms with Crippen molar-refractivity contribution in [3.63, 3.8) is 0 Å². The van der Waals surface area contributed by atoms with Crippen LogP contribution in [-0.2, 0) is 17.5 Å². The van der Waals surface area contributed by atoms with Gasteiger partial charge in [0.15, 0.2) is 0 Å². The van der Waals surface area contributed by atoms with Crippen molar-refractivity contribution >= 4 is 18.3 Å². The Balaban J connectivity index is 0.00000220. The van der Waals surface area contributed by atoms with Gasteiger partial charge >= 0.3 is 6.18 Å². The average Bonchev–Trinajstić information content (AvgIpc) is 2.83. The smallest absolute Gasteiger partial charge is 0.352 e. The molecule has 0 bridgehead atoms. The first kappa shape index (κ1) is 17.8. The number of benzene rings is 1. The SMILES string of the molecule is CC1(C(=O)NCc2cccc(C(F)(F)F)c2)CCNC1.Cl. The Hall–Kier alpha value is -1.27. The Morgan fingerprint density at radius 3 is 2.71 bits per heavy atom. The van der Waals surface area contributed by atoms with Crippen LogP contribution in [0.25, 0.3) is 0 Å². The molecule has 1 aliphatic rings. The topological polar surface area (TPSA) is 41.1 Å². The summed E-state index contributed by atoms with van der Waals surface area (Å²) in [7, 11) is 0. The molecule has 0 radical (unpaired) electrons. The van der Waals surface area contributed by atoms with Gasteiger partial charge in [0.2, 0.25) is 5.91 Å². The van der Waals surface area contributed by atoms with Crippen molar-refractivity contribution in [3.05, 3.63) is 35.4 Å². The zero-order valence-corrected chi connectivity index (χ0v) is 12.4. The van der Waals surface area contributed by atoms with E-state index in [-0.39, 0.29) is 24.9 Å². The van der Waals surface area contributed by atoms with Crippen LogP contribution in [0.4, 0.5) is 13.2 Å². The summed E-state index contributed by atoms with van der Waals surface area (Å²) in [6, 6.07) is 5.01. The number of carbonyl (C=O) groups is 1. The van der Waals surface area contributed by atoms with Crippen molar-refractivity contribution in [2.45, 2.75) is 26.1 Å². The third-order valence-corrected chi connectivity index (χ3v) is 3.62. The van der Waals surface area contributed by atoms with E-state index in [1.165, 1.54) is 6.07 Å². The van der Waals surface area contributed by atoms with Gasteiger partial charge in [0, 0.05) is 13.1 Å². The molecular weight excluding hydrogens is 305 g/mol. The third kappa shape index (κ3) is 4.35. The first-order valence-electron chi connectivity index (χ1n) is 6.46. The number of amides is 1. The molecule has 0 saturated carbocycles. The van der Waals surface area contributed by atoms with Crippen molar-refractivity contribution in [2.24, 2.45) is 5.41 Å². The fourth-order valence-electron chi connectivity index (χ4n) is 2.26. The molecule has 1 amide bonds. The van der Waals surface area contributed by atoms with Gasteiger partial charge in [0.05, 0.1) is 11.0 Å². The van der Waals surface area contributed by atoms with Crippen LogP contribution in [0.5, 0.6) is 0 Å². The number of alkyl halides is 3. The number of hydrogen-bond donors (Lipinski definition) is 2. The number of hydrogen-bond acceptors (Lipinski definition) is 2. The molecule has 7 heteroatoms. The normalized spacial score (nSPS) is 21.7. The molecule has 118 valence electrons. The van der Waals surface area contributed by atoms with Crippen LogP contribution >= 0.6 is 12.4 Å². The highest BCUT2D eigenvalue weighted by atomic mass is 35.5. The molecule has 0 aliphatic carbocycles. The maximum Gasteiger partial charge on any atom is 0.416 e. The lowest BCUT2D eigenvalue weighted by molar-refractivity contribution is -0.137. The number of carbonyl (C=O) groups excluding carboxylic acids is 1. The maximum atomic E-state index is 12.6. The van der Waals surface area contributed by atoms with E-state index >= 15 is 0 Å². The number of halogens is 4. The second kappa shape index (κ2) is 6.66. The zero-order chi connectivity index (χ0) is 14.8. The summed E-state index contributed by atoms with van der Waals surface area (Å²) < 4.78 is 37.7. The van der Waals surface area contributed by atoms with Crippen LogP contribution in [0.1, 0.15) is 24.5 Å². The Bertz CT molecular complexity index is 499. The van der Waals surface area contributed by atoms with E-state index in [9.17, 15) is 18.0 Å². The van der Waals surface area contributed by atoms with Crippen LogP contribution in [0.3, 0.4) is 0 Å². The van der Waals surface area contributed by atoms with Crippen molar-refractivity contribution in [1.29, 1.82) is 0 Å². The van der Waals surface area contributed by atoms with E-state index in [2.05, 4.69) is 10.6 Å². The second-order valence-electron chi connectivity index (χ2n) is 5.37. The fourth-order valence-corrected chi connectivity index (χ4v) is 2.26. The summed E-state index contributed by atoms with van der Waals surface area (Å²) in [5.41, 5.74) is -0.720. The van der Waals surface area contributed by atoms with Crippen molar-refractivity contribution in [2.75, 3.05) is 13.1 Å². The molecule has 0 aromatic heterocycles. The monoisotopic (exact) mass is 322 g/mol. The van der Waals surface area contributed by atoms with Gasteiger partial charge in [-0.15, -0.1) is 12.4 Å².